The maximum absolute atomic E-state index is 12.4. The van der Waals surface area contributed by atoms with E-state index in [2.05, 4.69) is 59.8 Å². The van der Waals surface area contributed by atoms with Gasteiger partial charge in [-0.1, -0.05) is 28.1 Å². The summed E-state index contributed by atoms with van der Waals surface area (Å²) < 4.78 is 7.80. The lowest BCUT2D eigenvalue weighted by molar-refractivity contribution is 0.102. The summed E-state index contributed by atoms with van der Waals surface area (Å²) in [5.74, 6) is 0.296. The van der Waals surface area contributed by atoms with E-state index in [-0.39, 0.29) is 5.91 Å². The lowest BCUT2D eigenvalue weighted by Crippen LogP contribution is -2.14. The third-order valence-electron chi connectivity index (χ3n) is 2.58. The van der Waals surface area contributed by atoms with Crippen molar-refractivity contribution >= 4 is 66.0 Å². The van der Waals surface area contributed by atoms with Gasteiger partial charge in [-0.2, -0.15) is 0 Å². The highest BCUT2D eigenvalue weighted by Gasteiger charge is 2.17. The van der Waals surface area contributed by atoms with E-state index in [1.54, 1.807) is 6.07 Å². The van der Waals surface area contributed by atoms with Crippen molar-refractivity contribution in [2.24, 2.45) is 0 Å². The van der Waals surface area contributed by atoms with Crippen molar-refractivity contribution in [1.29, 1.82) is 0 Å². The van der Waals surface area contributed by atoms with Gasteiger partial charge in [-0.25, -0.2) is 0 Å². The van der Waals surface area contributed by atoms with E-state index < -0.39 is 0 Å². The van der Waals surface area contributed by atoms with Crippen LogP contribution in [0.4, 0.5) is 5.69 Å². The Morgan fingerprint density at radius 1 is 1.25 bits per heavy atom. The molecule has 0 aliphatic carbocycles. The fraction of sp³-hybridized carbons (Fsp3) is 0.0714. The highest BCUT2D eigenvalue weighted by atomic mass is 127. The molecule has 0 unspecified atom stereocenters. The van der Waals surface area contributed by atoms with Gasteiger partial charge in [0.05, 0.1) is 22.8 Å². The quantitative estimate of drug-likeness (QED) is 0.585. The molecule has 0 aliphatic heterocycles. The predicted molar refractivity (Wildman–Crippen MR) is 95.5 cm³/mol. The van der Waals surface area contributed by atoms with Crippen molar-refractivity contribution < 1.29 is 9.53 Å². The van der Waals surface area contributed by atoms with Crippen LogP contribution in [0.15, 0.2) is 45.3 Å². The maximum Gasteiger partial charge on any atom is 0.259 e. The number of carbonyl (C=O) groups excluding carboxylic acids is 1. The molecule has 2 rings (SSSR count). The fourth-order valence-corrected chi connectivity index (χ4v) is 3.60. The molecule has 1 N–H and O–H groups in total. The van der Waals surface area contributed by atoms with Crippen LogP contribution < -0.4 is 10.1 Å². The summed E-state index contributed by atoms with van der Waals surface area (Å²) in [4.78, 5) is 12.4. The zero-order valence-electron chi connectivity index (χ0n) is 10.4. The van der Waals surface area contributed by atoms with Gasteiger partial charge in [0.25, 0.3) is 5.91 Å². The van der Waals surface area contributed by atoms with E-state index in [4.69, 9.17) is 4.74 Å². The summed E-state index contributed by atoms with van der Waals surface area (Å²) in [7, 11) is 1.54. The fourth-order valence-electron chi connectivity index (χ4n) is 1.69. The molecule has 3 nitrogen and oxygen atoms in total. The molecule has 0 aromatic heterocycles. The van der Waals surface area contributed by atoms with Crippen LogP contribution >= 0.6 is 54.5 Å². The molecule has 104 valence electrons. The molecule has 0 aliphatic rings. The molecule has 20 heavy (non-hydrogen) atoms. The van der Waals surface area contributed by atoms with E-state index in [9.17, 15) is 4.79 Å². The third kappa shape index (κ3) is 3.53. The van der Waals surface area contributed by atoms with Crippen molar-refractivity contribution in [3.8, 4) is 5.75 Å². The van der Waals surface area contributed by atoms with Crippen molar-refractivity contribution in [2.45, 2.75) is 0 Å². The van der Waals surface area contributed by atoms with Gasteiger partial charge < -0.3 is 10.1 Å². The number of ether oxygens (including phenoxy) is 1. The summed E-state index contributed by atoms with van der Waals surface area (Å²) in [5.41, 5.74) is 1.24. The van der Waals surface area contributed by atoms with Crippen molar-refractivity contribution in [3.63, 3.8) is 0 Å². The molecule has 0 spiro atoms. The highest BCUT2D eigenvalue weighted by molar-refractivity contribution is 14.1. The molecule has 0 saturated heterocycles. The number of methoxy groups -OCH3 is 1. The lowest BCUT2D eigenvalue weighted by atomic mass is 10.2. The number of benzene rings is 2. The molecule has 2 aromatic rings. The number of hydrogen-bond donors (Lipinski definition) is 1. The average Bonchev–Trinajstić information content (AvgIpc) is 2.40. The average molecular weight is 511 g/mol. The van der Waals surface area contributed by atoms with E-state index in [0.29, 0.717) is 11.3 Å². The first-order valence-corrected chi connectivity index (χ1v) is 8.28. The minimum atomic E-state index is -0.215. The van der Waals surface area contributed by atoms with Crippen molar-refractivity contribution in [3.05, 3.63) is 54.5 Å². The Morgan fingerprint density at radius 2 is 1.95 bits per heavy atom. The van der Waals surface area contributed by atoms with E-state index in [1.807, 2.05) is 30.3 Å². The SMILES string of the molecule is COc1c(Br)cc(Br)cc1C(=O)Nc1ccccc1I. The second-order valence-electron chi connectivity index (χ2n) is 3.90. The number of nitrogens with one attached hydrogen (secondary N) is 1. The minimum Gasteiger partial charge on any atom is -0.495 e. The topological polar surface area (TPSA) is 38.3 Å². The zero-order chi connectivity index (χ0) is 14.7. The van der Waals surface area contributed by atoms with Gasteiger partial charge in [-0.05, 0) is 62.8 Å². The summed E-state index contributed by atoms with van der Waals surface area (Å²) in [6.07, 6.45) is 0. The first-order valence-electron chi connectivity index (χ1n) is 5.62. The van der Waals surface area contributed by atoms with E-state index >= 15 is 0 Å². The Balaban J connectivity index is 2.37. The summed E-state index contributed by atoms with van der Waals surface area (Å²) in [5, 5.41) is 2.89. The first-order chi connectivity index (χ1) is 9.52. The van der Waals surface area contributed by atoms with Gasteiger partial charge in [0, 0.05) is 8.04 Å². The molecule has 0 atom stereocenters. The summed E-state index contributed by atoms with van der Waals surface area (Å²) >= 11 is 8.95. The molecule has 0 radical (unpaired) electrons. The predicted octanol–water partition coefficient (Wildman–Crippen LogP) is 5.08. The van der Waals surface area contributed by atoms with Gasteiger partial charge in [0.15, 0.2) is 0 Å². The number of halogens is 3. The second-order valence-corrected chi connectivity index (χ2v) is 6.83. The van der Waals surface area contributed by atoms with Gasteiger partial charge in [-0.15, -0.1) is 0 Å². The van der Waals surface area contributed by atoms with Crippen molar-refractivity contribution in [2.75, 3.05) is 12.4 Å². The van der Waals surface area contributed by atoms with Crippen molar-refractivity contribution in [1.82, 2.24) is 0 Å². The van der Waals surface area contributed by atoms with Crippen LogP contribution in [-0.2, 0) is 0 Å². The van der Waals surface area contributed by atoms with Gasteiger partial charge in [0.2, 0.25) is 0 Å². The van der Waals surface area contributed by atoms with Gasteiger partial charge in [0.1, 0.15) is 5.75 Å². The molecule has 0 bridgehead atoms. The van der Waals surface area contributed by atoms with Crippen LogP contribution in [-0.4, -0.2) is 13.0 Å². The minimum absolute atomic E-state index is 0.215. The van der Waals surface area contributed by atoms with Gasteiger partial charge in [-0.3, -0.25) is 4.79 Å². The molecule has 2 aromatic carbocycles. The zero-order valence-corrected chi connectivity index (χ0v) is 15.7. The highest BCUT2D eigenvalue weighted by Crippen LogP contribution is 2.33. The lowest BCUT2D eigenvalue weighted by Gasteiger charge is -2.12. The summed E-state index contributed by atoms with van der Waals surface area (Å²) in [6.45, 7) is 0. The van der Waals surface area contributed by atoms with Crippen LogP contribution in [0.1, 0.15) is 10.4 Å². The first kappa shape index (κ1) is 15.8. The second kappa shape index (κ2) is 6.91. The maximum atomic E-state index is 12.4. The number of carbonyl (C=O) groups is 1. The number of anilines is 1. The Labute approximate surface area is 147 Å². The van der Waals surface area contributed by atoms with Crippen LogP contribution in [0.5, 0.6) is 5.75 Å². The van der Waals surface area contributed by atoms with Crippen LogP contribution in [0.2, 0.25) is 0 Å². The monoisotopic (exact) mass is 509 g/mol. The smallest absolute Gasteiger partial charge is 0.259 e. The Morgan fingerprint density at radius 3 is 2.60 bits per heavy atom. The summed E-state index contributed by atoms with van der Waals surface area (Å²) in [6, 6.07) is 11.2. The molecular weight excluding hydrogens is 501 g/mol. The van der Waals surface area contributed by atoms with Crippen LogP contribution in [0.25, 0.3) is 0 Å². The normalized spacial score (nSPS) is 10.2. The molecule has 0 saturated carbocycles. The number of para-hydroxylation sites is 1. The van der Waals surface area contributed by atoms with Gasteiger partial charge >= 0.3 is 0 Å². The standard InChI is InChI=1S/C14H10Br2INO2/c1-20-13-9(6-8(15)7-10(13)16)14(19)18-12-5-3-2-4-11(12)17/h2-7H,1H3,(H,18,19). The Kier molecular flexibility index (Phi) is 5.45. The third-order valence-corrected chi connectivity index (χ3v) is 4.57. The Bertz CT molecular complexity index is 662. The number of rotatable bonds is 3. The largest absolute Gasteiger partial charge is 0.495 e. The van der Waals surface area contributed by atoms with E-state index in [1.165, 1.54) is 7.11 Å². The van der Waals surface area contributed by atoms with E-state index in [0.717, 1.165) is 18.2 Å². The molecule has 0 heterocycles. The number of hydrogen-bond acceptors (Lipinski definition) is 2. The van der Waals surface area contributed by atoms with Crippen LogP contribution in [0, 0.1) is 3.57 Å². The molecular formula is C14H10Br2INO2. The molecule has 1 amide bonds. The molecule has 6 heteroatoms. The van der Waals surface area contributed by atoms with Crippen LogP contribution in [0.3, 0.4) is 0 Å². The Hall–Kier alpha value is -0.600. The number of amides is 1. The molecule has 0 fully saturated rings.